The van der Waals surface area contributed by atoms with Crippen LogP contribution in [0.1, 0.15) is 16.1 Å². The number of aromatic amines is 1. The molecule has 4 aromatic rings. The highest BCUT2D eigenvalue weighted by Crippen LogP contribution is 2.30. The molecule has 0 aliphatic carbocycles. The summed E-state index contributed by atoms with van der Waals surface area (Å²) < 4.78 is 28.8. The summed E-state index contributed by atoms with van der Waals surface area (Å²) in [6.45, 7) is 1.69. The van der Waals surface area contributed by atoms with Gasteiger partial charge in [-0.05, 0) is 19.1 Å². The quantitative estimate of drug-likeness (QED) is 0.562. The first kappa shape index (κ1) is 16.8. The zero-order chi connectivity index (χ0) is 19.1. The molecule has 0 spiro atoms. The van der Waals surface area contributed by atoms with Gasteiger partial charge in [-0.25, -0.2) is 18.3 Å². The van der Waals surface area contributed by atoms with Crippen LogP contribution in [0.15, 0.2) is 53.3 Å². The van der Waals surface area contributed by atoms with Crippen LogP contribution < -0.4 is 5.56 Å². The molecule has 5 nitrogen and oxygen atoms in total. The number of aromatic nitrogens is 3. The molecule has 4 rings (SSSR count). The molecule has 0 radical (unpaired) electrons. The van der Waals surface area contributed by atoms with Gasteiger partial charge < -0.3 is 0 Å². The van der Waals surface area contributed by atoms with E-state index in [4.69, 9.17) is 0 Å². The van der Waals surface area contributed by atoms with E-state index < -0.39 is 11.6 Å². The standard InChI is InChI=1S/C20H13F2N3O2/c1-11-19(15-7-6-14(21)8-16(15)22)20-23-17(9-18(27)25(20)24-11)13-4-2-12(10-26)3-5-13/h2-10,24H,1H3. The minimum atomic E-state index is -0.741. The van der Waals surface area contributed by atoms with Crippen molar-refractivity contribution in [2.24, 2.45) is 0 Å². The number of rotatable bonds is 3. The number of aldehydes is 1. The van der Waals surface area contributed by atoms with Crippen molar-refractivity contribution in [1.82, 2.24) is 14.6 Å². The topological polar surface area (TPSA) is 67.2 Å². The van der Waals surface area contributed by atoms with E-state index in [1.54, 1.807) is 31.2 Å². The number of benzene rings is 2. The number of carbonyl (C=O) groups excluding carboxylic acids is 1. The van der Waals surface area contributed by atoms with Crippen LogP contribution >= 0.6 is 0 Å². The first-order chi connectivity index (χ1) is 13.0. The Labute approximate surface area is 151 Å². The molecule has 0 saturated carbocycles. The predicted octanol–water partition coefficient (Wildman–Crippen LogP) is 3.76. The molecule has 2 aromatic heterocycles. The SMILES string of the molecule is Cc1[nH]n2c(=O)cc(-c3ccc(C=O)cc3)nc2c1-c1ccc(F)cc1F. The van der Waals surface area contributed by atoms with Crippen molar-refractivity contribution in [1.29, 1.82) is 0 Å². The summed E-state index contributed by atoms with van der Waals surface area (Å²) in [5.41, 5.74) is 2.46. The van der Waals surface area contributed by atoms with Gasteiger partial charge in [-0.3, -0.25) is 14.7 Å². The summed E-state index contributed by atoms with van der Waals surface area (Å²) in [4.78, 5) is 27.8. The Morgan fingerprint density at radius 2 is 1.81 bits per heavy atom. The largest absolute Gasteiger partial charge is 0.298 e. The van der Waals surface area contributed by atoms with E-state index in [1.807, 2.05) is 0 Å². The van der Waals surface area contributed by atoms with Crippen molar-refractivity contribution < 1.29 is 13.6 Å². The van der Waals surface area contributed by atoms with Crippen LogP contribution in [-0.2, 0) is 0 Å². The van der Waals surface area contributed by atoms with E-state index in [1.165, 1.54) is 16.6 Å². The van der Waals surface area contributed by atoms with Crippen molar-refractivity contribution >= 4 is 11.9 Å². The first-order valence-corrected chi connectivity index (χ1v) is 8.11. The van der Waals surface area contributed by atoms with E-state index in [9.17, 15) is 18.4 Å². The highest BCUT2D eigenvalue weighted by molar-refractivity contribution is 5.82. The molecule has 0 atom stereocenters. The lowest BCUT2D eigenvalue weighted by Gasteiger charge is -2.05. The molecular weight excluding hydrogens is 352 g/mol. The van der Waals surface area contributed by atoms with Crippen molar-refractivity contribution in [3.05, 3.63) is 81.8 Å². The number of fused-ring (bicyclic) bond motifs is 1. The Balaban J connectivity index is 1.98. The van der Waals surface area contributed by atoms with E-state index in [0.29, 0.717) is 28.1 Å². The average Bonchev–Trinajstić information content (AvgIpc) is 2.98. The van der Waals surface area contributed by atoms with Crippen LogP contribution in [-0.4, -0.2) is 20.9 Å². The lowest BCUT2D eigenvalue weighted by molar-refractivity contribution is 0.112. The maximum Gasteiger partial charge on any atom is 0.273 e. The third kappa shape index (κ3) is 2.83. The zero-order valence-corrected chi connectivity index (χ0v) is 14.2. The van der Waals surface area contributed by atoms with E-state index in [-0.39, 0.29) is 16.8 Å². The monoisotopic (exact) mass is 365 g/mol. The lowest BCUT2D eigenvalue weighted by Crippen LogP contribution is -2.14. The molecule has 134 valence electrons. The summed E-state index contributed by atoms with van der Waals surface area (Å²) in [6.07, 6.45) is 0.722. The number of nitrogens with zero attached hydrogens (tertiary/aromatic N) is 2. The first-order valence-electron chi connectivity index (χ1n) is 8.11. The minimum absolute atomic E-state index is 0.146. The van der Waals surface area contributed by atoms with Gasteiger partial charge in [-0.1, -0.05) is 24.3 Å². The molecule has 0 aliphatic rings. The van der Waals surface area contributed by atoms with Gasteiger partial charge in [0.25, 0.3) is 5.56 Å². The normalized spacial score (nSPS) is 11.1. The number of aryl methyl sites for hydroxylation is 1. The number of carbonyl (C=O) groups is 1. The van der Waals surface area contributed by atoms with E-state index >= 15 is 0 Å². The predicted molar refractivity (Wildman–Crippen MR) is 96.7 cm³/mol. The zero-order valence-electron chi connectivity index (χ0n) is 14.2. The number of nitrogens with one attached hydrogen (secondary N) is 1. The van der Waals surface area contributed by atoms with Gasteiger partial charge in [0.05, 0.1) is 5.69 Å². The molecule has 7 heteroatoms. The number of H-pyrrole nitrogens is 1. The van der Waals surface area contributed by atoms with Crippen molar-refractivity contribution in [2.75, 3.05) is 0 Å². The summed E-state index contributed by atoms with van der Waals surface area (Å²) in [6, 6.07) is 11.2. The van der Waals surface area contributed by atoms with E-state index in [2.05, 4.69) is 10.1 Å². The molecule has 0 bridgehead atoms. The van der Waals surface area contributed by atoms with Gasteiger partial charge in [0.15, 0.2) is 5.65 Å². The number of hydrogen-bond donors (Lipinski definition) is 1. The summed E-state index contributed by atoms with van der Waals surface area (Å²) in [5.74, 6) is -1.43. The van der Waals surface area contributed by atoms with Crippen LogP contribution in [0.2, 0.25) is 0 Å². The molecular formula is C20H13F2N3O2. The van der Waals surface area contributed by atoms with E-state index in [0.717, 1.165) is 18.4 Å². The molecule has 1 N–H and O–H groups in total. The fourth-order valence-corrected chi connectivity index (χ4v) is 3.04. The Kier molecular flexibility index (Phi) is 3.92. The molecule has 2 aromatic carbocycles. The Bertz CT molecular complexity index is 1240. The van der Waals surface area contributed by atoms with Crippen LogP contribution in [0.3, 0.4) is 0 Å². The van der Waals surface area contributed by atoms with Gasteiger partial charge in [0.1, 0.15) is 17.9 Å². The third-order valence-corrected chi connectivity index (χ3v) is 4.34. The Hall–Kier alpha value is -3.61. The van der Waals surface area contributed by atoms with Gasteiger partial charge >= 0.3 is 0 Å². The van der Waals surface area contributed by atoms with Crippen LogP contribution in [0, 0.1) is 18.6 Å². The second-order valence-corrected chi connectivity index (χ2v) is 6.11. The number of hydrogen-bond acceptors (Lipinski definition) is 3. The molecule has 2 heterocycles. The van der Waals surface area contributed by atoms with Crippen LogP contribution in [0.5, 0.6) is 0 Å². The second kappa shape index (κ2) is 6.28. The van der Waals surface area contributed by atoms with Crippen LogP contribution in [0.4, 0.5) is 8.78 Å². The highest BCUT2D eigenvalue weighted by Gasteiger charge is 2.18. The minimum Gasteiger partial charge on any atom is -0.298 e. The molecule has 0 amide bonds. The molecule has 0 unspecified atom stereocenters. The molecule has 27 heavy (non-hydrogen) atoms. The highest BCUT2D eigenvalue weighted by atomic mass is 19.1. The van der Waals surface area contributed by atoms with Crippen molar-refractivity contribution in [2.45, 2.75) is 6.92 Å². The second-order valence-electron chi connectivity index (χ2n) is 6.11. The lowest BCUT2D eigenvalue weighted by atomic mass is 10.1. The smallest absolute Gasteiger partial charge is 0.273 e. The fourth-order valence-electron chi connectivity index (χ4n) is 3.04. The summed E-state index contributed by atoms with van der Waals surface area (Å²) in [5, 5.41) is 2.87. The number of halogens is 2. The Morgan fingerprint density at radius 1 is 1.07 bits per heavy atom. The third-order valence-electron chi connectivity index (χ3n) is 4.34. The van der Waals surface area contributed by atoms with Gasteiger partial charge in [-0.15, -0.1) is 0 Å². The van der Waals surface area contributed by atoms with Gasteiger partial charge in [-0.2, -0.15) is 0 Å². The maximum absolute atomic E-state index is 14.3. The molecule has 0 fully saturated rings. The molecule has 0 saturated heterocycles. The van der Waals surface area contributed by atoms with Gasteiger partial charge in [0, 0.05) is 40.1 Å². The molecule has 0 aliphatic heterocycles. The maximum atomic E-state index is 14.3. The van der Waals surface area contributed by atoms with Crippen molar-refractivity contribution in [3.8, 4) is 22.4 Å². The summed E-state index contributed by atoms with van der Waals surface area (Å²) >= 11 is 0. The van der Waals surface area contributed by atoms with Gasteiger partial charge in [0.2, 0.25) is 0 Å². The Morgan fingerprint density at radius 3 is 2.48 bits per heavy atom. The van der Waals surface area contributed by atoms with Crippen LogP contribution in [0.25, 0.3) is 28.0 Å². The summed E-state index contributed by atoms with van der Waals surface area (Å²) in [7, 11) is 0. The van der Waals surface area contributed by atoms with Crippen molar-refractivity contribution in [3.63, 3.8) is 0 Å². The fraction of sp³-hybridized carbons (Fsp3) is 0.0500. The average molecular weight is 365 g/mol.